The van der Waals surface area contributed by atoms with E-state index in [2.05, 4.69) is 33.8 Å². The summed E-state index contributed by atoms with van der Waals surface area (Å²) in [6, 6.07) is 7.18. The molecule has 0 aliphatic heterocycles. The fourth-order valence-corrected chi connectivity index (χ4v) is 1.76. The number of hydrogen-bond donors (Lipinski definition) is 3. The maximum Gasteiger partial charge on any atom is 0.246 e. The lowest BCUT2D eigenvalue weighted by atomic mass is 10.2. The molecule has 0 saturated heterocycles. The van der Waals surface area contributed by atoms with Gasteiger partial charge in [0.25, 0.3) is 0 Å². The van der Waals surface area contributed by atoms with E-state index in [0.717, 1.165) is 31.5 Å². The Bertz CT molecular complexity index is 552. The van der Waals surface area contributed by atoms with Crippen molar-refractivity contribution in [2.45, 2.75) is 26.7 Å². The van der Waals surface area contributed by atoms with Gasteiger partial charge in [0.15, 0.2) is 5.96 Å². The molecule has 1 aromatic carbocycles. The molecule has 23 heavy (non-hydrogen) atoms. The summed E-state index contributed by atoms with van der Waals surface area (Å²) >= 11 is 0. The SMILES string of the molecule is C#Cc1cccc(NC(=O)CN=C(NCC)NCCCC)c1.I. The average molecular weight is 428 g/mol. The summed E-state index contributed by atoms with van der Waals surface area (Å²) < 4.78 is 0. The van der Waals surface area contributed by atoms with E-state index in [9.17, 15) is 4.79 Å². The molecule has 1 rings (SSSR count). The highest BCUT2D eigenvalue weighted by molar-refractivity contribution is 14.0. The van der Waals surface area contributed by atoms with Crippen LogP contribution in [0.2, 0.25) is 0 Å². The van der Waals surface area contributed by atoms with Crippen LogP contribution in [0.5, 0.6) is 0 Å². The highest BCUT2D eigenvalue weighted by Gasteiger charge is 2.03. The Labute approximate surface area is 155 Å². The van der Waals surface area contributed by atoms with E-state index < -0.39 is 0 Å². The van der Waals surface area contributed by atoms with E-state index in [1.165, 1.54) is 0 Å². The number of aliphatic imine (C=N–C) groups is 1. The van der Waals surface area contributed by atoms with Crippen molar-refractivity contribution >= 4 is 41.5 Å². The lowest BCUT2D eigenvalue weighted by Crippen LogP contribution is -2.38. The van der Waals surface area contributed by atoms with E-state index in [0.29, 0.717) is 11.6 Å². The molecule has 0 saturated carbocycles. The largest absolute Gasteiger partial charge is 0.357 e. The summed E-state index contributed by atoms with van der Waals surface area (Å²) in [6.07, 6.45) is 7.51. The Hall–Kier alpha value is -1.75. The first-order chi connectivity index (χ1) is 10.7. The standard InChI is InChI=1S/C17H24N4O.HI/c1-4-7-11-19-17(18-6-3)20-13-16(22)21-15-10-8-9-14(5-2)12-15;/h2,8-10,12H,4,6-7,11,13H2,1,3H3,(H,21,22)(H2,18,19,20);1H. The third-order valence-electron chi connectivity index (χ3n) is 2.86. The molecule has 0 unspecified atom stereocenters. The first-order valence-corrected chi connectivity index (χ1v) is 7.58. The van der Waals surface area contributed by atoms with Crippen molar-refractivity contribution in [1.82, 2.24) is 10.6 Å². The fourth-order valence-electron chi connectivity index (χ4n) is 1.76. The number of anilines is 1. The molecule has 6 heteroatoms. The van der Waals surface area contributed by atoms with E-state index in [4.69, 9.17) is 6.42 Å². The zero-order valence-electron chi connectivity index (χ0n) is 13.7. The van der Waals surface area contributed by atoms with Gasteiger partial charge in [-0.15, -0.1) is 30.4 Å². The number of benzene rings is 1. The predicted octanol–water partition coefficient (Wildman–Crippen LogP) is 2.58. The normalized spacial score (nSPS) is 10.2. The van der Waals surface area contributed by atoms with Crippen LogP contribution >= 0.6 is 24.0 Å². The van der Waals surface area contributed by atoms with Gasteiger partial charge in [-0.25, -0.2) is 4.99 Å². The number of nitrogens with zero attached hydrogens (tertiary/aromatic N) is 1. The number of halogens is 1. The van der Waals surface area contributed by atoms with Crippen molar-refractivity contribution in [3.8, 4) is 12.3 Å². The molecule has 0 atom stereocenters. The number of rotatable bonds is 7. The fraction of sp³-hybridized carbons (Fsp3) is 0.412. The summed E-state index contributed by atoms with van der Waals surface area (Å²) in [4.78, 5) is 16.2. The number of carbonyl (C=O) groups excluding carboxylic acids is 1. The topological polar surface area (TPSA) is 65.5 Å². The first-order valence-electron chi connectivity index (χ1n) is 7.58. The van der Waals surface area contributed by atoms with Gasteiger partial charge in [-0.2, -0.15) is 0 Å². The molecule has 0 fully saturated rings. The molecular formula is C17H25IN4O. The lowest BCUT2D eigenvalue weighted by molar-refractivity contribution is -0.114. The quantitative estimate of drug-likeness (QED) is 0.206. The monoisotopic (exact) mass is 428 g/mol. The second-order valence-electron chi connectivity index (χ2n) is 4.75. The highest BCUT2D eigenvalue weighted by Crippen LogP contribution is 2.09. The van der Waals surface area contributed by atoms with Crippen molar-refractivity contribution in [1.29, 1.82) is 0 Å². The second-order valence-corrected chi connectivity index (χ2v) is 4.75. The Morgan fingerprint density at radius 1 is 1.30 bits per heavy atom. The number of amides is 1. The van der Waals surface area contributed by atoms with E-state index >= 15 is 0 Å². The Balaban J connectivity index is 0.00000484. The van der Waals surface area contributed by atoms with Gasteiger partial charge in [-0.05, 0) is 31.5 Å². The van der Waals surface area contributed by atoms with Crippen LogP contribution < -0.4 is 16.0 Å². The molecule has 0 aliphatic carbocycles. The molecule has 5 nitrogen and oxygen atoms in total. The number of unbranched alkanes of at least 4 members (excludes halogenated alkanes) is 1. The minimum Gasteiger partial charge on any atom is -0.357 e. The zero-order chi connectivity index (χ0) is 16.2. The molecular weight excluding hydrogens is 403 g/mol. The average Bonchev–Trinajstić information content (AvgIpc) is 2.53. The number of carbonyl (C=O) groups is 1. The Morgan fingerprint density at radius 2 is 2.09 bits per heavy atom. The number of guanidine groups is 1. The maximum absolute atomic E-state index is 11.9. The predicted molar refractivity (Wildman–Crippen MR) is 107 cm³/mol. The summed E-state index contributed by atoms with van der Waals surface area (Å²) in [6.45, 7) is 5.77. The minimum atomic E-state index is -0.179. The van der Waals surface area contributed by atoms with Crippen LogP contribution in [0, 0.1) is 12.3 Å². The first kappa shape index (κ1) is 21.2. The van der Waals surface area contributed by atoms with Gasteiger partial charge >= 0.3 is 0 Å². The molecule has 0 spiro atoms. The van der Waals surface area contributed by atoms with Crippen LogP contribution in [0.25, 0.3) is 0 Å². The highest BCUT2D eigenvalue weighted by atomic mass is 127. The van der Waals surface area contributed by atoms with Crippen molar-refractivity contribution in [2.24, 2.45) is 4.99 Å². The molecule has 0 bridgehead atoms. The molecule has 0 aromatic heterocycles. The zero-order valence-corrected chi connectivity index (χ0v) is 16.0. The molecule has 1 aromatic rings. The van der Waals surface area contributed by atoms with Gasteiger partial charge in [0.2, 0.25) is 5.91 Å². The van der Waals surface area contributed by atoms with Gasteiger partial charge in [-0.3, -0.25) is 4.79 Å². The Kier molecular flexibility index (Phi) is 11.8. The van der Waals surface area contributed by atoms with E-state index in [1.807, 2.05) is 19.1 Å². The molecule has 0 aliphatic rings. The molecule has 1 amide bonds. The van der Waals surface area contributed by atoms with Gasteiger partial charge in [0.1, 0.15) is 6.54 Å². The number of terminal acetylenes is 1. The van der Waals surface area contributed by atoms with Crippen LogP contribution in [0.1, 0.15) is 32.3 Å². The van der Waals surface area contributed by atoms with Crippen LogP contribution in [-0.2, 0) is 4.79 Å². The Morgan fingerprint density at radius 3 is 2.74 bits per heavy atom. The van der Waals surface area contributed by atoms with Crippen molar-refractivity contribution in [3.63, 3.8) is 0 Å². The number of hydrogen-bond acceptors (Lipinski definition) is 2. The van der Waals surface area contributed by atoms with Crippen molar-refractivity contribution in [2.75, 3.05) is 25.0 Å². The third-order valence-corrected chi connectivity index (χ3v) is 2.86. The molecule has 3 N–H and O–H groups in total. The third kappa shape index (κ3) is 9.08. The van der Waals surface area contributed by atoms with Gasteiger partial charge < -0.3 is 16.0 Å². The van der Waals surface area contributed by atoms with Crippen molar-refractivity contribution < 1.29 is 4.79 Å². The van der Waals surface area contributed by atoms with Gasteiger partial charge in [0.05, 0.1) is 0 Å². The van der Waals surface area contributed by atoms with E-state index in [1.54, 1.807) is 12.1 Å². The smallest absolute Gasteiger partial charge is 0.246 e. The molecule has 0 heterocycles. The summed E-state index contributed by atoms with van der Waals surface area (Å²) in [5.41, 5.74) is 1.41. The maximum atomic E-state index is 11.9. The summed E-state index contributed by atoms with van der Waals surface area (Å²) in [5, 5.41) is 9.09. The van der Waals surface area contributed by atoms with Crippen LogP contribution in [-0.4, -0.2) is 31.5 Å². The van der Waals surface area contributed by atoms with Gasteiger partial charge in [-0.1, -0.05) is 25.3 Å². The second kappa shape index (κ2) is 12.8. The minimum absolute atomic E-state index is 0. The van der Waals surface area contributed by atoms with Crippen molar-refractivity contribution in [3.05, 3.63) is 29.8 Å². The van der Waals surface area contributed by atoms with E-state index in [-0.39, 0.29) is 36.4 Å². The molecule has 0 radical (unpaired) electrons. The number of nitrogens with one attached hydrogen (secondary N) is 3. The van der Waals surface area contributed by atoms with Gasteiger partial charge in [0, 0.05) is 24.3 Å². The molecule has 126 valence electrons. The lowest BCUT2D eigenvalue weighted by Gasteiger charge is -2.10. The van der Waals surface area contributed by atoms with Crippen LogP contribution in [0.15, 0.2) is 29.3 Å². The summed E-state index contributed by atoms with van der Waals surface area (Å²) in [7, 11) is 0. The summed E-state index contributed by atoms with van der Waals surface area (Å²) in [5.74, 6) is 3.01. The van der Waals surface area contributed by atoms with Crippen LogP contribution in [0.4, 0.5) is 5.69 Å². The van der Waals surface area contributed by atoms with Crippen LogP contribution in [0.3, 0.4) is 0 Å².